The van der Waals surface area contributed by atoms with Gasteiger partial charge in [0.2, 0.25) is 10.0 Å². The van der Waals surface area contributed by atoms with Gasteiger partial charge in [0.05, 0.1) is 5.69 Å². The molecule has 4 nitrogen and oxygen atoms in total. The zero-order valence-corrected chi connectivity index (χ0v) is 11.3. The predicted molar refractivity (Wildman–Crippen MR) is 74.7 cm³/mol. The molecule has 1 aromatic rings. The second kappa shape index (κ2) is 5.84. The van der Waals surface area contributed by atoms with E-state index in [1.165, 1.54) is 22.5 Å². The Bertz CT molecular complexity index is 540. The fourth-order valence-corrected chi connectivity index (χ4v) is 3.08. The molecule has 5 heteroatoms. The molecule has 1 aromatic carbocycles. The molecule has 0 aliphatic heterocycles. The van der Waals surface area contributed by atoms with Gasteiger partial charge in [0.25, 0.3) is 0 Å². The van der Waals surface area contributed by atoms with E-state index < -0.39 is 10.0 Å². The highest BCUT2D eigenvalue weighted by Crippen LogP contribution is 2.23. The van der Waals surface area contributed by atoms with Gasteiger partial charge in [-0.15, -0.1) is 13.2 Å². The summed E-state index contributed by atoms with van der Waals surface area (Å²) in [6, 6.07) is 4.90. The van der Waals surface area contributed by atoms with Gasteiger partial charge < -0.3 is 5.73 Å². The number of nitrogens with zero attached hydrogens (tertiary/aromatic N) is 1. The van der Waals surface area contributed by atoms with E-state index in [4.69, 9.17) is 5.73 Å². The highest BCUT2D eigenvalue weighted by atomic mass is 32.2. The van der Waals surface area contributed by atoms with Gasteiger partial charge in [-0.05, 0) is 24.6 Å². The summed E-state index contributed by atoms with van der Waals surface area (Å²) in [5.74, 6) is 0. The number of rotatable bonds is 6. The smallest absolute Gasteiger partial charge is 0.245 e. The van der Waals surface area contributed by atoms with Crippen LogP contribution >= 0.6 is 0 Å². The van der Waals surface area contributed by atoms with E-state index >= 15 is 0 Å². The molecule has 0 aliphatic carbocycles. The van der Waals surface area contributed by atoms with Gasteiger partial charge in [0.1, 0.15) is 4.90 Å². The van der Waals surface area contributed by atoms with Crippen LogP contribution in [0.5, 0.6) is 0 Å². The Hall–Kier alpha value is -1.59. The molecule has 0 unspecified atom stereocenters. The monoisotopic (exact) mass is 266 g/mol. The average Bonchev–Trinajstić information content (AvgIpc) is 2.28. The molecule has 0 saturated carbocycles. The molecule has 1 rings (SSSR count). The summed E-state index contributed by atoms with van der Waals surface area (Å²) in [6.45, 7) is 9.42. The Labute approximate surface area is 108 Å². The summed E-state index contributed by atoms with van der Waals surface area (Å²) in [5.41, 5.74) is 6.96. The Balaban J connectivity index is 3.25. The van der Waals surface area contributed by atoms with Gasteiger partial charge in [-0.25, -0.2) is 8.42 Å². The van der Waals surface area contributed by atoms with Crippen molar-refractivity contribution in [2.24, 2.45) is 0 Å². The molecule has 18 heavy (non-hydrogen) atoms. The Morgan fingerprint density at radius 2 is 1.83 bits per heavy atom. The van der Waals surface area contributed by atoms with Gasteiger partial charge in [-0.2, -0.15) is 4.31 Å². The molecule has 98 valence electrons. The first-order valence-corrected chi connectivity index (χ1v) is 6.95. The van der Waals surface area contributed by atoms with Crippen LogP contribution < -0.4 is 5.73 Å². The minimum absolute atomic E-state index is 0.122. The van der Waals surface area contributed by atoms with Gasteiger partial charge in [-0.3, -0.25) is 0 Å². The van der Waals surface area contributed by atoms with Crippen LogP contribution in [0, 0.1) is 6.92 Å². The highest BCUT2D eigenvalue weighted by Gasteiger charge is 2.24. The molecule has 0 saturated heterocycles. The summed E-state index contributed by atoms with van der Waals surface area (Å²) >= 11 is 0. The first-order valence-electron chi connectivity index (χ1n) is 5.51. The first kappa shape index (κ1) is 14.5. The normalized spacial score (nSPS) is 11.4. The first-order chi connectivity index (χ1) is 8.43. The van der Waals surface area contributed by atoms with Crippen molar-refractivity contribution in [3.63, 3.8) is 0 Å². The number of aryl methyl sites for hydroxylation is 1. The van der Waals surface area contributed by atoms with Crippen molar-refractivity contribution in [3.05, 3.63) is 49.1 Å². The quantitative estimate of drug-likeness (QED) is 0.632. The Morgan fingerprint density at radius 1 is 1.28 bits per heavy atom. The maximum atomic E-state index is 12.4. The summed E-state index contributed by atoms with van der Waals surface area (Å²) in [6.07, 6.45) is 3.07. The lowest BCUT2D eigenvalue weighted by Crippen LogP contribution is -2.31. The summed E-state index contributed by atoms with van der Waals surface area (Å²) in [7, 11) is -3.61. The van der Waals surface area contributed by atoms with Crippen LogP contribution in [0.15, 0.2) is 48.4 Å². The second-order valence-corrected chi connectivity index (χ2v) is 5.85. The molecule has 0 fully saturated rings. The van der Waals surface area contributed by atoms with Gasteiger partial charge in [0.15, 0.2) is 0 Å². The molecular formula is C13H18N2O2S. The Kier molecular flexibility index (Phi) is 4.69. The summed E-state index contributed by atoms with van der Waals surface area (Å²) < 4.78 is 26.1. The van der Waals surface area contributed by atoms with Crippen LogP contribution in [-0.2, 0) is 10.0 Å². The molecular weight excluding hydrogens is 248 g/mol. The van der Waals surface area contributed by atoms with E-state index in [2.05, 4.69) is 13.2 Å². The van der Waals surface area contributed by atoms with E-state index in [0.29, 0.717) is 0 Å². The molecule has 0 heterocycles. The van der Waals surface area contributed by atoms with Crippen molar-refractivity contribution >= 4 is 15.7 Å². The number of sulfonamides is 1. The number of anilines is 1. The largest absolute Gasteiger partial charge is 0.398 e. The third-order valence-corrected chi connectivity index (χ3v) is 4.35. The van der Waals surface area contributed by atoms with Crippen LogP contribution in [0.4, 0.5) is 5.69 Å². The van der Waals surface area contributed by atoms with Gasteiger partial charge >= 0.3 is 0 Å². The zero-order valence-electron chi connectivity index (χ0n) is 10.5. The van der Waals surface area contributed by atoms with Crippen LogP contribution in [0.2, 0.25) is 0 Å². The molecule has 0 bridgehead atoms. The van der Waals surface area contributed by atoms with Crippen molar-refractivity contribution in [3.8, 4) is 0 Å². The lowest BCUT2D eigenvalue weighted by atomic mass is 10.2. The minimum atomic E-state index is -3.61. The number of nitrogens with two attached hydrogens (primary N) is 1. The van der Waals surface area contributed by atoms with Crippen molar-refractivity contribution < 1.29 is 8.42 Å². The third-order valence-electron chi connectivity index (χ3n) is 2.45. The van der Waals surface area contributed by atoms with Crippen molar-refractivity contribution in [2.75, 3.05) is 18.8 Å². The maximum Gasteiger partial charge on any atom is 0.245 e. The number of benzene rings is 1. The molecule has 0 atom stereocenters. The topological polar surface area (TPSA) is 63.4 Å². The fraction of sp³-hybridized carbons (Fsp3) is 0.231. The maximum absolute atomic E-state index is 12.4. The predicted octanol–water partition coefficient (Wildman–Crippen LogP) is 1.94. The molecule has 0 amide bonds. The number of hydrogen-bond acceptors (Lipinski definition) is 3. The Morgan fingerprint density at radius 3 is 2.28 bits per heavy atom. The van der Waals surface area contributed by atoms with Crippen molar-refractivity contribution in [1.29, 1.82) is 0 Å². The molecule has 0 aromatic heterocycles. The van der Waals surface area contributed by atoms with E-state index in [-0.39, 0.29) is 23.7 Å². The van der Waals surface area contributed by atoms with Crippen LogP contribution in [0.3, 0.4) is 0 Å². The van der Waals surface area contributed by atoms with E-state index in [1.807, 2.05) is 6.92 Å². The third kappa shape index (κ3) is 3.00. The van der Waals surface area contributed by atoms with Gasteiger partial charge in [-0.1, -0.05) is 18.2 Å². The lowest BCUT2D eigenvalue weighted by molar-refractivity contribution is 0.474. The van der Waals surface area contributed by atoms with E-state index in [1.54, 1.807) is 12.1 Å². The lowest BCUT2D eigenvalue weighted by Gasteiger charge is -2.20. The molecule has 0 aliphatic rings. The molecule has 0 spiro atoms. The van der Waals surface area contributed by atoms with E-state index in [0.717, 1.165) is 5.56 Å². The number of nitrogen functional groups attached to an aromatic ring is 1. The SMILES string of the molecule is C=CCN(CC=C)S(=O)(=O)c1ccc(C)cc1N. The van der Waals surface area contributed by atoms with Crippen molar-refractivity contribution in [2.45, 2.75) is 11.8 Å². The van der Waals surface area contributed by atoms with Gasteiger partial charge in [0, 0.05) is 13.1 Å². The van der Waals surface area contributed by atoms with Crippen LogP contribution in [0.25, 0.3) is 0 Å². The molecule has 0 radical (unpaired) electrons. The number of hydrogen-bond donors (Lipinski definition) is 1. The van der Waals surface area contributed by atoms with E-state index in [9.17, 15) is 8.42 Å². The summed E-state index contributed by atoms with van der Waals surface area (Å²) in [5, 5.41) is 0. The standard InChI is InChI=1S/C13H18N2O2S/c1-4-8-15(9-5-2)18(16,17)13-7-6-11(3)10-12(13)14/h4-7,10H,1-2,8-9,14H2,3H3. The zero-order chi connectivity index (χ0) is 13.8. The fourth-order valence-electron chi connectivity index (χ4n) is 1.60. The van der Waals surface area contributed by atoms with Crippen LogP contribution in [-0.4, -0.2) is 25.8 Å². The highest BCUT2D eigenvalue weighted by molar-refractivity contribution is 7.89. The average molecular weight is 266 g/mol. The minimum Gasteiger partial charge on any atom is -0.398 e. The molecule has 2 N–H and O–H groups in total. The van der Waals surface area contributed by atoms with Crippen molar-refractivity contribution in [1.82, 2.24) is 4.31 Å². The second-order valence-electron chi connectivity index (χ2n) is 3.94. The summed E-state index contributed by atoms with van der Waals surface area (Å²) in [4.78, 5) is 0.122. The van der Waals surface area contributed by atoms with Crippen LogP contribution in [0.1, 0.15) is 5.56 Å².